The molecule has 0 saturated heterocycles. The van der Waals surface area contributed by atoms with Crippen molar-refractivity contribution in [3.8, 4) is 33.8 Å². The predicted molar refractivity (Wildman–Crippen MR) is 266 cm³/mol. The van der Waals surface area contributed by atoms with Gasteiger partial charge < -0.3 is 23.3 Å². The van der Waals surface area contributed by atoms with Crippen molar-refractivity contribution < 1.29 is 25.8 Å². The van der Waals surface area contributed by atoms with Gasteiger partial charge in [0.1, 0.15) is 17.3 Å². The summed E-state index contributed by atoms with van der Waals surface area (Å²) >= 11 is 0. The number of pyridine rings is 1. The van der Waals surface area contributed by atoms with Crippen molar-refractivity contribution in [3.63, 3.8) is 0 Å². The van der Waals surface area contributed by atoms with Gasteiger partial charge in [-0.15, -0.1) is 42.4 Å². The number of benzene rings is 8. The Morgan fingerprint density at radius 3 is 1.79 bits per heavy atom. The van der Waals surface area contributed by atoms with E-state index in [4.69, 9.17) is 19.7 Å². The number of aromatic nitrogens is 5. The van der Waals surface area contributed by atoms with Crippen LogP contribution < -0.4 is 14.5 Å². The van der Waals surface area contributed by atoms with Crippen LogP contribution in [0, 0.1) is 18.8 Å². The molecule has 0 unspecified atom stereocenters. The van der Waals surface area contributed by atoms with Gasteiger partial charge in [-0.2, -0.15) is 12.1 Å². The molecule has 0 radical (unpaired) electrons. The molecule has 13 aromatic rings. The van der Waals surface area contributed by atoms with Crippen LogP contribution in [-0.4, -0.2) is 23.8 Å². The third kappa shape index (κ3) is 5.93. The number of para-hydroxylation sites is 4. The van der Waals surface area contributed by atoms with Crippen LogP contribution in [0.25, 0.3) is 87.8 Å². The summed E-state index contributed by atoms with van der Waals surface area (Å²) in [6.45, 7) is 2.05. The van der Waals surface area contributed by atoms with Crippen LogP contribution in [0.3, 0.4) is 0 Å². The molecule has 1 aliphatic rings. The summed E-state index contributed by atoms with van der Waals surface area (Å²) in [6, 6.07) is 70.7. The molecule has 0 fully saturated rings. The first-order chi connectivity index (χ1) is 32.8. The van der Waals surface area contributed by atoms with E-state index < -0.39 is 0 Å². The van der Waals surface area contributed by atoms with Crippen molar-refractivity contribution in [1.29, 1.82) is 0 Å². The molecule has 1 aliphatic heterocycles. The topological polar surface area (TPSA) is 63.2 Å². The molecule has 0 amide bonds. The van der Waals surface area contributed by atoms with Gasteiger partial charge in [0.25, 0.3) is 0 Å². The molecule has 6 heterocycles. The molecule has 67 heavy (non-hydrogen) atoms. The van der Waals surface area contributed by atoms with Gasteiger partial charge in [0, 0.05) is 89.5 Å². The zero-order valence-corrected chi connectivity index (χ0v) is 37.8. The van der Waals surface area contributed by atoms with E-state index >= 15 is 0 Å². The number of rotatable bonds is 6. The van der Waals surface area contributed by atoms with Crippen LogP contribution in [0.2, 0.25) is 0 Å². The molecule has 5 aromatic heterocycles. The SMILES string of the molecule is [Pt].[c-]1c(Oc2[c-]c3c(cc2)c2cccc4c2n3c2ncccc2c2cccc3c5ccccc5n4c32)cccc1N1[CH-]N(c2c(-c3ccccc3)cccc2-c2ccccc2)c2nccnc21. The Kier molecular flexibility index (Phi) is 8.98. The van der Waals surface area contributed by atoms with Gasteiger partial charge >= 0.3 is 0 Å². The smallest absolute Gasteiger partial charge is 0.145 e. The molecular weight excluding hydrogens is 1010 g/mol. The molecule has 0 atom stereocenters. The van der Waals surface area contributed by atoms with Gasteiger partial charge in [-0.05, 0) is 40.8 Å². The van der Waals surface area contributed by atoms with Crippen LogP contribution in [0.15, 0.2) is 201 Å². The maximum absolute atomic E-state index is 6.74. The molecular formula is C58H34N7OPt-3. The monoisotopic (exact) mass is 1040 g/mol. The summed E-state index contributed by atoms with van der Waals surface area (Å²) in [7, 11) is 0. The van der Waals surface area contributed by atoms with Gasteiger partial charge in [-0.25, -0.2) is 15.0 Å². The van der Waals surface area contributed by atoms with E-state index in [1.165, 1.54) is 16.3 Å². The Balaban J connectivity index is 0.00000446. The normalized spacial score (nSPS) is 12.5. The van der Waals surface area contributed by atoms with E-state index in [9.17, 15) is 0 Å². The Hall–Kier alpha value is -8.32. The molecule has 8 aromatic carbocycles. The van der Waals surface area contributed by atoms with E-state index in [0.717, 1.165) is 82.9 Å². The van der Waals surface area contributed by atoms with E-state index in [2.05, 4.69) is 172 Å². The van der Waals surface area contributed by atoms with Crippen molar-refractivity contribution >= 4 is 88.6 Å². The Morgan fingerprint density at radius 2 is 1.01 bits per heavy atom. The summed E-state index contributed by atoms with van der Waals surface area (Å²) in [5.74, 6) is 2.49. The fourth-order valence-electron chi connectivity index (χ4n) is 10.2. The number of ether oxygens (including phenoxy) is 1. The molecule has 0 bridgehead atoms. The standard InChI is InChI=1S/C58H34N7O.Pt/c1-3-14-37(15-4-1)42-21-10-22-43(38-16-5-2-6-17-38)53(42)63-36-62(57-58(63)61-33-32-60-57)39-18-9-19-40(34-39)66-41-29-30-45-47-25-12-28-51-55(47)65(52(45)35-41)56-49(26-13-31-59-56)48-24-11-23-46-44-20-7-8-27-50(44)64(51)54(46)48;/h1-33,36H;/q-3;. The van der Waals surface area contributed by atoms with E-state index in [0.29, 0.717) is 23.1 Å². The summed E-state index contributed by atoms with van der Waals surface area (Å²) in [6.07, 6.45) is 5.34. The predicted octanol–water partition coefficient (Wildman–Crippen LogP) is 14.3. The van der Waals surface area contributed by atoms with Crippen LogP contribution in [0.5, 0.6) is 11.5 Å². The van der Waals surface area contributed by atoms with Crippen molar-refractivity contribution in [2.75, 3.05) is 9.80 Å². The Bertz CT molecular complexity index is 4040. The summed E-state index contributed by atoms with van der Waals surface area (Å²) in [4.78, 5) is 19.1. The number of hydrogen-bond acceptors (Lipinski definition) is 6. The van der Waals surface area contributed by atoms with Crippen molar-refractivity contribution in [2.24, 2.45) is 0 Å². The average molecular weight is 1040 g/mol. The number of hydrogen-bond donors (Lipinski definition) is 0. The molecule has 8 nitrogen and oxygen atoms in total. The molecule has 0 N–H and O–H groups in total. The fraction of sp³-hybridized carbons (Fsp3) is 0. The van der Waals surface area contributed by atoms with Gasteiger partial charge in [0.15, 0.2) is 0 Å². The second-order valence-corrected chi connectivity index (χ2v) is 16.5. The largest absolute Gasteiger partial charge is 0.509 e. The number of fused-ring (bicyclic) bond motifs is 11. The van der Waals surface area contributed by atoms with Crippen LogP contribution in [0.1, 0.15) is 0 Å². The quantitative estimate of drug-likeness (QED) is 0.155. The van der Waals surface area contributed by atoms with Crippen molar-refractivity contribution in [3.05, 3.63) is 219 Å². The van der Waals surface area contributed by atoms with Gasteiger partial charge in [0.2, 0.25) is 0 Å². The van der Waals surface area contributed by atoms with Crippen molar-refractivity contribution in [1.82, 2.24) is 23.8 Å². The maximum Gasteiger partial charge on any atom is 0.145 e. The number of nitrogens with zero attached hydrogens (tertiary/aromatic N) is 7. The maximum atomic E-state index is 6.74. The van der Waals surface area contributed by atoms with E-state index in [1.807, 2.05) is 53.6 Å². The minimum atomic E-state index is 0. The first kappa shape index (κ1) is 39.1. The van der Waals surface area contributed by atoms with Crippen LogP contribution in [0.4, 0.5) is 23.0 Å². The molecule has 320 valence electrons. The van der Waals surface area contributed by atoms with Crippen LogP contribution in [-0.2, 0) is 21.1 Å². The van der Waals surface area contributed by atoms with Gasteiger partial charge in [0.05, 0.1) is 22.1 Å². The van der Waals surface area contributed by atoms with Gasteiger partial charge in [-0.3, -0.25) is 0 Å². The molecule has 14 rings (SSSR count). The van der Waals surface area contributed by atoms with Crippen LogP contribution >= 0.6 is 0 Å². The zero-order chi connectivity index (χ0) is 43.3. The van der Waals surface area contributed by atoms with E-state index in [1.54, 1.807) is 12.4 Å². The second-order valence-electron chi connectivity index (χ2n) is 16.5. The Morgan fingerprint density at radius 1 is 0.418 bits per heavy atom. The minimum absolute atomic E-state index is 0. The first-order valence-corrected chi connectivity index (χ1v) is 21.9. The number of anilines is 4. The second kappa shape index (κ2) is 15.4. The summed E-state index contributed by atoms with van der Waals surface area (Å²) in [5.41, 5.74) is 12.3. The minimum Gasteiger partial charge on any atom is -0.509 e. The summed E-state index contributed by atoms with van der Waals surface area (Å²) in [5, 5.41) is 6.76. The Labute approximate surface area is 398 Å². The molecule has 0 spiro atoms. The third-order valence-electron chi connectivity index (χ3n) is 12.9. The summed E-state index contributed by atoms with van der Waals surface area (Å²) < 4.78 is 11.4. The van der Waals surface area contributed by atoms with Gasteiger partial charge in [-0.1, -0.05) is 139 Å². The third-order valence-corrected chi connectivity index (χ3v) is 12.9. The van der Waals surface area contributed by atoms with E-state index in [-0.39, 0.29) is 21.1 Å². The average Bonchev–Trinajstić information content (AvgIpc) is 4.04. The van der Waals surface area contributed by atoms with Crippen molar-refractivity contribution in [2.45, 2.75) is 0 Å². The molecule has 0 saturated carbocycles. The fourth-order valence-corrected chi connectivity index (χ4v) is 10.2. The molecule has 9 heteroatoms. The molecule has 0 aliphatic carbocycles. The first-order valence-electron chi connectivity index (χ1n) is 21.9. The zero-order valence-electron chi connectivity index (χ0n) is 35.5.